The maximum absolute atomic E-state index is 12.8. The van der Waals surface area contributed by atoms with Crippen molar-refractivity contribution in [3.8, 4) is 11.5 Å². The Morgan fingerprint density at radius 2 is 1.77 bits per heavy atom. The van der Waals surface area contributed by atoms with Gasteiger partial charge in [-0.1, -0.05) is 25.1 Å². The van der Waals surface area contributed by atoms with Gasteiger partial charge in [0.1, 0.15) is 13.2 Å². The summed E-state index contributed by atoms with van der Waals surface area (Å²) in [4.78, 5) is 12.8. The Labute approximate surface area is 154 Å². The van der Waals surface area contributed by atoms with Gasteiger partial charge >= 0.3 is 0 Å². The van der Waals surface area contributed by atoms with E-state index in [1.165, 1.54) is 36.0 Å². The lowest BCUT2D eigenvalue weighted by atomic mass is 9.88. The van der Waals surface area contributed by atoms with Gasteiger partial charge in [-0.05, 0) is 67.0 Å². The molecule has 1 N–H and O–H groups in total. The molecule has 2 aliphatic rings. The molecule has 26 heavy (non-hydrogen) atoms. The van der Waals surface area contributed by atoms with Gasteiger partial charge in [-0.2, -0.15) is 0 Å². The standard InChI is InChI=1S/C22H25NO3/c1-2-19(17-8-7-15-5-3-4-6-16(15)13-17)23-22(24)18-9-10-20-21(14-18)26-12-11-25-20/h7-10,13-14,19H,2-6,11-12H2,1H3,(H,23,24). The molecule has 1 atom stereocenters. The Hall–Kier alpha value is -2.49. The van der Waals surface area contributed by atoms with Gasteiger partial charge in [0.05, 0.1) is 6.04 Å². The minimum Gasteiger partial charge on any atom is -0.486 e. The summed E-state index contributed by atoms with van der Waals surface area (Å²) in [7, 11) is 0. The minimum absolute atomic E-state index is 0.0166. The average Bonchev–Trinajstić information content (AvgIpc) is 2.71. The van der Waals surface area contributed by atoms with Crippen molar-refractivity contribution in [2.45, 2.75) is 45.1 Å². The molecule has 1 unspecified atom stereocenters. The van der Waals surface area contributed by atoms with E-state index in [1.54, 1.807) is 12.1 Å². The summed E-state index contributed by atoms with van der Waals surface area (Å²) in [6.07, 6.45) is 5.72. The van der Waals surface area contributed by atoms with Crippen LogP contribution in [-0.4, -0.2) is 19.1 Å². The lowest BCUT2D eigenvalue weighted by molar-refractivity contribution is 0.0934. The van der Waals surface area contributed by atoms with E-state index in [0.717, 1.165) is 12.8 Å². The number of aryl methyl sites for hydroxylation is 2. The molecule has 136 valence electrons. The van der Waals surface area contributed by atoms with E-state index in [2.05, 4.69) is 30.4 Å². The Balaban J connectivity index is 1.52. The zero-order chi connectivity index (χ0) is 17.9. The summed E-state index contributed by atoms with van der Waals surface area (Å²) in [6.45, 7) is 3.17. The van der Waals surface area contributed by atoms with Crippen LogP contribution < -0.4 is 14.8 Å². The Kier molecular flexibility index (Phi) is 4.83. The molecule has 4 nitrogen and oxygen atoms in total. The molecule has 2 aromatic rings. The Bertz CT molecular complexity index is 815. The first-order valence-corrected chi connectivity index (χ1v) is 9.57. The first kappa shape index (κ1) is 17.0. The number of hydrogen-bond acceptors (Lipinski definition) is 3. The maximum atomic E-state index is 12.8. The van der Waals surface area contributed by atoms with E-state index in [1.807, 2.05) is 6.07 Å². The Morgan fingerprint density at radius 1 is 1.00 bits per heavy atom. The molecular weight excluding hydrogens is 326 g/mol. The molecule has 1 aliphatic heterocycles. The van der Waals surface area contributed by atoms with Gasteiger partial charge in [0.2, 0.25) is 0 Å². The van der Waals surface area contributed by atoms with Crippen LogP contribution in [0.3, 0.4) is 0 Å². The zero-order valence-electron chi connectivity index (χ0n) is 15.2. The van der Waals surface area contributed by atoms with Crippen LogP contribution in [0.2, 0.25) is 0 Å². The highest BCUT2D eigenvalue weighted by Gasteiger charge is 2.19. The molecule has 2 aromatic carbocycles. The van der Waals surface area contributed by atoms with Crippen LogP contribution >= 0.6 is 0 Å². The van der Waals surface area contributed by atoms with Crippen molar-refractivity contribution in [3.63, 3.8) is 0 Å². The van der Waals surface area contributed by atoms with Crippen LogP contribution in [0.1, 0.15) is 59.3 Å². The van der Waals surface area contributed by atoms with Gasteiger partial charge in [-0.15, -0.1) is 0 Å². The van der Waals surface area contributed by atoms with E-state index in [0.29, 0.717) is 30.3 Å². The van der Waals surface area contributed by atoms with Crippen LogP contribution in [0, 0.1) is 0 Å². The minimum atomic E-state index is -0.0773. The summed E-state index contributed by atoms with van der Waals surface area (Å²) in [5.74, 6) is 1.27. The molecule has 0 bridgehead atoms. The number of benzene rings is 2. The predicted octanol–water partition coefficient (Wildman–Crippen LogP) is 4.22. The van der Waals surface area contributed by atoms with Crippen molar-refractivity contribution in [3.05, 3.63) is 58.7 Å². The normalized spacial score (nSPS) is 16.5. The topological polar surface area (TPSA) is 47.6 Å². The fourth-order valence-electron chi connectivity index (χ4n) is 3.82. The van der Waals surface area contributed by atoms with Crippen molar-refractivity contribution in [2.24, 2.45) is 0 Å². The molecule has 1 amide bonds. The summed E-state index contributed by atoms with van der Waals surface area (Å²) >= 11 is 0. The molecular formula is C22H25NO3. The second-order valence-electron chi connectivity index (χ2n) is 7.03. The molecule has 1 heterocycles. The quantitative estimate of drug-likeness (QED) is 0.897. The lowest BCUT2D eigenvalue weighted by Crippen LogP contribution is -2.28. The van der Waals surface area contributed by atoms with Gasteiger partial charge in [-0.3, -0.25) is 4.79 Å². The van der Waals surface area contributed by atoms with Gasteiger partial charge in [0, 0.05) is 5.56 Å². The number of hydrogen-bond donors (Lipinski definition) is 1. The van der Waals surface area contributed by atoms with Crippen LogP contribution in [0.15, 0.2) is 36.4 Å². The van der Waals surface area contributed by atoms with E-state index in [4.69, 9.17) is 9.47 Å². The highest BCUT2D eigenvalue weighted by atomic mass is 16.6. The monoisotopic (exact) mass is 351 g/mol. The number of ether oxygens (including phenoxy) is 2. The van der Waals surface area contributed by atoms with Crippen LogP contribution in [0.4, 0.5) is 0 Å². The number of carbonyl (C=O) groups excluding carboxylic acids is 1. The molecule has 0 saturated heterocycles. The van der Waals surface area contributed by atoms with E-state index < -0.39 is 0 Å². The highest BCUT2D eigenvalue weighted by Crippen LogP contribution is 2.31. The fraction of sp³-hybridized carbons (Fsp3) is 0.409. The van der Waals surface area contributed by atoms with Crippen molar-refractivity contribution < 1.29 is 14.3 Å². The third kappa shape index (κ3) is 3.41. The van der Waals surface area contributed by atoms with Crippen molar-refractivity contribution >= 4 is 5.91 Å². The van der Waals surface area contributed by atoms with Gasteiger partial charge < -0.3 is 14.8 Å². The SMILES string of the molecule is CCC(NC(=O)c1ccc2c(c1)OCCO2)c1ccc2c(c1)CCCC2. The molecule has 0 fully saturated rings. The van der Waals surface area contributed by atoms with Crippen LogP contribution in [0.5, 0.6) is 11.5 Å². The van der Waals surface area contributed by atoms with Crippen molar-refractivity contribution in [1.29, 1.82) is 0 Å². The average molecular weight is 351 g/mol. The predicted molar refractivity (Wildman–Crippen MR) is 101 cm³/mol. The van der Waals surface area contributed by atoms with Crippen LogP contribution in [0.25, 0.3) is 0 Å². The van der Waals surface area contributed by atoms with E-state index in [-0.39, 0.29) is 11.9 Å². The molecule has 0 saturated carbocycles. The summed E-state index contributed by atoms with van der Waals surface area (Å²) < 4.78 is 11.1. The third-order valence-electron chi connectivity index (χ3n) is 5.29. The van der Waals surface area contributed by atoms with Crippen molar-refractivity contribution in [1.82, 2.24) is 5.32 Å². The maximum Gasteiger partial charge on any atom is 0.251 e. The molecule has 4 rings (SSSR count). The number of carbonyl (C=O) groups is 1. The fourth-order valence-corrected chi connectivity index (χ4v) is 3.82. The van der Waals surface area contributed by atoms with Gasteiger partial charge in [-0.25, -0.2) is 0 Å². The first-order valence-electron chi connectivity index (χ1n) is 9.57. The summed E-state index contributed by atoms with van der Waals surface area (Å²) in [5.41, 5.74) is 4.71. The number of fused-ring (bicyclic) bond motifs is 2. The van der Waals surface area contributed by atoms with Crippen LogP contribution in [-0.2, 0) is 12.8 Å². The first-order chi connectivity index (χ1) is 12.7. The summed E-state index contributed by atoms with van der Waals surface area (Å²) in [5, 5.41) is 3.18. The number of nitrogens with one attached hydrogen (secondary N) is 1. The highest BCUT2D eigenvalue weighted by molar-refractivity contribution is 5.95. The number of amides is 1. The molecule has 0 radical (unpaired) electrons. The second kappa shape index (κ2) is 7.40. The second-order valence-corrected chi connectivity index (χ2v) is 7.03. The third-order valence-corrected chi connectivity index (χ3v) is 5.29. The molecule has 0 aromatic heterocycles. The molecule has 0 spiro atoms. The number of rotatable bonds is 4. The summed E-state index contributed by atoms with van der Waals surface area (Å²) in [6, 6.07) is 12.1. The smallest absolute Gasteiger partial charge is 0.251 e. The largest absolute Gasteiger partial charge is 0.486 e. The van der Waals surface area contributed by atoms with E-state index >= 15 is 0 Å². The van der Waals surface area contributed by atoms with E-state index in [9.17, 15) is 4.79 Å². The molecule has 4 heteroatoms. The zero-order valence-corrected chi connectivity index (χ0v) is 15.2. The molecule has 1 aliphatic carbocycles. The Morgan fingerprint density at radius 3 is 2.58 bits per heavy atom. The lowest BCUT2D eigenvalue weighted by Gasteiger charge is -2.22. The van der Waals surface area contributed by atoms with Crippen molar-refractivity contribution in [2.75, 3.05) is 13.2 Å². The van der Waals surface area contributed by atoms with Gasteiger partial charge in [0.15, 0.2) is 11.5 Å². The van der Waals surface area contributed by atoms with Gasteiger partial charge in [0.25, 0.3) is 5.91 Å².